The van der Waals surface area contributed by atoms with E-state index in [-0.39, 0.29) is 5.91 Å². The first-order valence-electron chi connectivity index (χ1n) is 8.70. The van der Waals surface area contributed by atoms with E-state index in [0.29, 0.717) is 17.1 Å². The molecule has 0 saturated heterocycles. The topological polar surface area (TPSA) is 54.9 Å². The molecule has 0 fully saturated rings. The lowest BCUT2D eigenvalue weighted by Crippen LogP contribution is -2.23. The van der Waals surface area contributed by atoms with Crippen LogP contribution >= 0.6 is 23.4 Å². The quantitative estimate of drug-likeness (QED) is 0.485. The zero-order valence-corrected chi connectivity index (χ0v) is 16.4. The van der Waals surface area contributed by atoms with Crippen molar-refractivity contribution >= 4 is 40.2 Å². The summed E-state index contributed by atoms with van der Waals surface area (Å²) in [5.74, 6) is -0.155. The van der Waals surface area contributed by atoms with E-state index in [1.165, 1.54) is 11.8 Å². The fourth-order valence-corrected chi connectivity index (χ4v) is 3.96. The van der Waals surface area contributed by atoms with Gasteiger partial charge in [0.15, 0.2) is 0 Å². The van der Waals surface area contributed by atoms with Crippen LogP contribution in [0.5, 0.6) is 0 Å². The van der Waals surface area contributed by atoms with Crippen molar-refractivity contribution in [3.63, 3.8) is 0 Å². The molecular weight excluding hydrogens is 390 g/mol. The first-order valence-corrected chi connectivity index (χ1v) is 9.90. The normalized spacial score (nSPS) is 10.8. The van der Waals surface area contributed by atoms with E-state index in [4.69, 9.17) is 11.6 Å². The number of nitrogens with zero attached hydrogens (tertiary/aromatic N) is 2. The number of fused-ring (bicyclic) bond motifs is 1. The number of nitrogens with one attached hydrogen (secondary N) is 1. The highest BCUT2D eigenvalue weighted by Crippen LogP contribution is 2.31. The summed E-state index contributed by atoms with van der Waals surface area (Å²) in [6.07, 6.45) is 1.71. The van der Waals surface area contributed by atoms with Crippen LogP contribution in [0.1, 0.15) is 16.1 Å². The van der Waals surface area contributed by atoms with Gasteiger partial charge in [-0.15, -0.1) is 0 Å². The lowest BCUT2D eigenvalue weighted by molar-refractivity contribution is 0.0951. The van der Waals surface area contributed by atoms with Gasteiger partial charge in [-0.25, -0.2) is 4.98 Å². The smallest absolute Gasteiger partial charge is 0.252 e. The Labute approximate surface area is 172 Å². The second kappa shape index (κ2) is 8.42. The molecule has 4 aromatic rings. The van der Waals surface area contributed by atoms with E-state index < -0.39 is 0 Å². The number of carbonyl (C=O) groups is 1. The van der Waals surface area contributed by atoms with Crippen LogP contribution in [0.25, 0.3) is 10.9 Å². The summed E-state index contributed by atoms with van der Waals surface area (Å²) < 4.78 is 0. The number of benzene rings is 2. The fraction of sp³-hybridized carbons (Fsp3) is 0.0455. The summed E-state index contributed by atoms with van der Waals surface area (Å²) in [6, 6.07) is 22.7. The van der Waals surface area contributed by atoms with Crippen molar-refractivity contribution in [2.75, 3.05) is 0 Å². The van der Waals surface area contributed by atoms with Crippen molar-refractivity contribution in [3.8, 4) is 0 Å². The largest absolute Gasteiger partial charge is 0.346 e. The zero-order valence-electron chi connectivity index (χ0n) is 14.8. The van der Waals surface area contributed by atoms with Gasteiger partial charge in [-0.1, -0.05) is 53.7 Å². The molecule has 6 heteroatoms. The molecule has 0 aliphatic carbocycles. The third-order valence-corrected chi connectivity index (χ3v) is 5.26. The van der Waals surface area contributed by atoms with Crippen molar-refractivity contribution in [2.24, 2.45) is 0 Å². The zero-order chi connectivity index (χ0) is 19.3. The first kappa shape index (κ1) is 18.5. The lowest BCUT2D eigenvalue weighted by atomic mass is 10.1. The highest BCUT2D eigenvalue weighted by atomic mass is 35.5. The molecule has 0 bridgehead atoms. The van der Waals surface area contributed by atoms with Gasteiger partial charge >= 0.3 is 0 Å². The Bertz CT molecular complexity index is 1130. The molecule has 2 aromatic heterocycles. The van der Waals surface area contributed by atoms with Gasteiger partial charge in [0.1, 0.15) is 5.03 Å². The molecule has 1 amide bonds. The average Bonchev–Trinajstić information content (AvgIpc) is 2.72. The molecule has 1 N–H and O–H groups in total. The molecule has 2 aromatic carbocycles. The van der Waals surface area contributed by atoms with Crippen molar-refractivity contribution < 1.29 is 4.79 Å². The van der Waals surface area contributed by atoms with E-state index in [9.17, 15) is 4.79 Å². The van der Waals surface area contributed by atoms with Crippen LogP contribution in [0.2, 0.25) is 5.02 Å². The molecule has 4 rings (SSSR count). The summed E-state index contributed by atoms with van der Waals surface area (Å²) in [4.78, 5) is 22.8. The summed E-state index contributed by atoms with van der Waals surface area (Å²) in [6.45, 7) is 0.368. The lowest BCUT2D eigenvalue weighted by Gasteiger charge is -2.10. The fourth-order valence-electron chi connectivity index (χ4n) is 2.81. The molecule has 2 heterocycles. The van der Waals surface area contributed by atoms with Crippen molar-refractivity contribution in [2.45, 2.75) is 16.5 Å². The van der Waals surface area contributed by atoms with E-state index in [0.717, 1.165) is 26.5 Å². The summed E-state index contributed by atoms with van der Waals surface area (Å²) in [7, 11) is 0. The number of hydrogen-bond donors (Lipinski definition) is 1. The van der Waals surface area contributed by atoms with E-state index in [1.54, 1.807) is 6.20 Å². The molecule has 0 spiro atoms. The predicted octanol–water partition coefficient (Wildman–Crippen LogP) is 5.36. The molecule has 0 atom stereocenters. The molecular formula is C22H16ClN3OS. The van der Waals surface area contributed by atoms with Gasteiger partial charge in [-0.2, -0.15) is 0 Å². The van der Waals surface area contributed by atoms with Crippen LogP contribution in [0.3, 0.4) is 0 Å². The Kier molecular flexibility index (Phi) is 5.55. The Morgan fingerprint density at radius 2 is 1.86 bits per heavy atom. The van der Waals surface area contributed by atoms with Gasteiger partial charge < -0.3 is 5.32 Å². The summed E-state index contributed by atoms with van der Waals surface area (Å²) >= 11 is 7.56. The third-order valence-electron chi connectivity index (χ3n) is 4.11. The number of para-hydroxylation sites is 1. The number of hydrogen-bond acceptors (Lipinski definition) is 4. The number of amides is 1. The van der Waals surface area contributed by atoms with Crippen LogP contribution < -0.4 is 5.32 Å². The van der Waals surface area contributed by atoms with E-state index in [1.807, 2.05) is 72.8 Å². The maximum atomic E-state index is 12.9. The van der Waals surface area contributed by atoms with Crippen LogP contribution in [0.4, 0.5) is 0 Å². The monoisotopic (exact) mass is 405 g/mol. The number of halogens is 1. The molecule has 0 aliphatic rings. The molecule has 0 aliphatic heterocycles. The van der Waals surface area contributed by atoms with Gasteiger partial charge in [-0.05, 0) is 42.5 Å². The van der Waals surface area contributed by atoms with Gasteiger partial charge in [0, 0.05) is 21.5 Å². The minimum absolute atomic E-state index is 0.155. The van der Waals surface area contributed by atoms with E-state index in [2.05, 4.69) is 15.3 Å². The predicted molar refractivity (Wildman–Crippen MR) is 113 cm³/mol. The third kappa shape index (κ3) is 4.32. The standard InChI is InChI=1S/C22H16ClN3OS/c23-15-6-5-8-17(12-15)28-21-13-19(18-9-1-2-10-20(18)26-21)22(27)25-14-16-7-3-4-11-24-16/h1-13H,14H2,(H,25,27). The number of rotatable bonds is 5. The Hall–Kier alpha value is -2.89. The highest BCUT2D eigenvalue weighted by molar-refractivity contribution is 7.99. The Morgan fingerprint density at radius 1 is 1.00 bits per heavy atom. The average molecular weight is 406 g/mol. The molecule has 138 valence electrons. The van der Waals surface area contributed by atoms with Gasteiger partial charge in [0.2, 0.25) is 0 Å². The summed E-state index contributed by atoms with van der Waals surface area (Å²) in [5.41, 5.74) is 2.17. The van der Waals surface area contributed by atoms with Crippen molar-refractivity contribution in [1.29, 1.82) is 0 Å². The van der Waals surface area contributed by atoms with Crippen molar-refractivity contribution in [3.05, 3.63) is 95.3 Å². The minimum Gasteiger partial charge on any atom is -0.346 e. The maximum absolute atomic E-state index is 12.9. The van der Waals surface area contributed by atoms with Crippen LogP contribution in [-0.2, 0) is 6.54 Å². The number of pyridine rings is 2. The maximum Gasteiger partial charge on any atom is 0.252 e. The Morgan fingerprint density at radius 3 is 2.68 bits per heavy atom. The van der Waals surface area contributed by atoms with Crippen molar-refractivity contribution in [1.82, 2.24) is 15.3 Å². The number of carbonyl (C=O) groups excluding carboxylic acids is 1. The molecule has 4 nitrogen and oxygen atoms in total. The Balaban J connectivity index is 1.65. The van der Waals surface area contributed by atoms with Crippen LogP contribution in [0, 0.1) is 0 Å². The first-order chi connectivity index (χ1) is 13.7. The SMILES string of the molecule is O=C(NCc1ccccn1)c1cc(Sc2cccc(Cl)c2)nc2ccccc12. The van der Waals surface area contributed by atoms with Gasteiger partial charge in [-0.3, -0.25) is 9.78 Å². The van der Waals surface area contributed by atoms with Crippen LogP contribution in [0.15, 0.2) is 88.9 Å². The second-order valence-electron chi connectivity index (χ2n) is 6.09. The summed E-state index contributed by atoms with van der Waals surface area (Å²) in [5, 5.41) is 5.17. The van der Waals surface area contributed by atoms with Crippen LogP contribution in [-0.4, -0.2) is 15.9 Å². The van der Waals surface area contributed by atoms with Gasteiger partial charge in [0.05, 0.1) is 23.3 Å². The molecule has 0 unspecified atom stereocenters. The van der Waals surface area contributed by atoms with Gasteiger partial charge in [0.25, 0.3) is 5.91 Å². The molecule has 0 saturated carbocycles. The molecule has 28 heavy (non-hydrogen) atoms. The number of aromatic nitrogens is 2. The highest BCUT2D eigenvalue weighted by Gasteiger charge is 2.14. The minimum atomic E-state index is -0.155. The second-order valence-corrected chi connectivity index (χ2v) is 7.62. The van der Waals surface area contributed by atoms with E-state index >= 15 is 0 Å². The molecule has 0 radical (unpaired) electrons.